The van der Waals surface area contributed by atoms with Gasteiger partial charge in [0.15, 0.2) is 0 Å². The van der Waals surface area contributed by atoms with Gasteiger partial charge < -0.3 is 9.84 Å². The maximum absolute atomic E-state index is 13.0. The van der Waals surface area contributed by atoms with E-state index in [1.165, 1.54) is 13.0 Å². The summed E-state index contributed by atoms with van der Waals surface area (Å²) in [5.74, 6) is 0.225. The molecule has 8 nitrogen and oxygen atoms in total. The summed E-state index contributed by atoms with van der Waals surface area (Å²) in [6, 6.07) is 9.49. The van der Waals surface area contributed by atoms with E-state index in [1.54, 1.807) is 32.0 Å². The van der Waals surface area contributed by atoms with Gasteiger partial charge in [0.05, 0.1) is 10.9 Å². The number of carbonyl (C=O) groups excluding carboxylic acids is 1. The lowest BCUT2D eigenvalue weighted by atomic mass is 10.1. The number of hydrogen-bond acceptors (Lipinski definition) is 6. The Hall–Kier alpha value is -3.04. The number of carbonyl (C=O) groups is 1. The molecule has 0 unspecified atom stereocenters. The normalized spacial score (nSPS) is 12.6. The first-order chi connectivity index (χ1) is 14.1. The van der Waals surface area contributed by atoms with Gasteiger partial charge in [0, 0.05) is 18.2 Å². The molecule has 2 N–H and O–H groups in total. The molecule has 0 aliphatic rings. The molecule has 3 rings (SSSR count). The Morgan fingerprint density at radius 2 is 1.77 bits per heavy atom. The molecule has 0 radical (unpaired) electrons. The van der Waals surface area contributed by atoms with Gasteiger partial charge in [-0.2, -0.15) is 9.71 Å². The van der Waals surface area contributed by atoms with Crippen LogP contribution in [0.25, 0.3) is 11.4 Å². The summed E-state index contributed by atoms with van der Waals surface area (Å²) < 4.78 is 33.3. The van der Waals surface area contributed by atoms with Crippen LogP contribution in [-0.2, 0) is 14.8 Å². The summed E-state index contributed by atoms with van der Waals surface area (Å²) >= 11 is 0. The maximum atomic E-state index is 13.0. The van der Waals surface area contributed by atoms with E-state index in [2.05, 4.69) is 20.2 Å². The van der Waals surface area contributed by atoms with Crippen LogP contribution in [0.3, 0.4) is 0 Å². The molecule has 0 saturated heterocycles. The van der Waals surface area contributed by atoms with E-state index in [0.29, 0.717) is 28.5 Å². The summed E-state index contributed by atoms with van der Waals surface area (Å²) in [7, 11) is -3.97. The predicted octanol–water partition coefficient (Wildman–Crippen LogP) is 3.28. The molecule has 1 heterocycles. The van der Waals surface area contributed by atoms with Crippen LogP contribution >= 0.6 is 0 Å². The standard InChI is InChI=1S/C21H24N4O4S/c1-12-6-9-18(14(3)10-12)23-21(26)15(4)25-30(27,28)19-11-17(8-7-13(19)2)20-22-16(5)29-24-20/h6-11,15,25H,1-5H3,(H,23,26)/t15-/m1/s1. The van der Waals surface area contributed by atoms with Crippen LogP contribution in [0.2, 0.25) is 0 Å². The van der Waals surface area contributed by atoms with Crippen molar-refractivity contribution in [3.8, 4) is 11.4 Å². The van der Waals surface area contributed by atoms with Crippen LogP contribution in [-0.4, -0.2) is 30.5 Å². The molecule has 1 aromatic heterocycles. The second kappa shape index (κ2) is 8.37. The minimum atomic E-state index is -3.97. The predicted molar refractivity (Wildman–Crippen MR) is 114 cm³/mol. The Kier molecular flexibility index (Phi) is 6.04. The summed E-state index contributed by atoms with van der Waals surface area (Å²) in [5.41, 5.74) is 3.66. The van der Waals surface area contributed by atoms with Crippen molar-refractivity contribution in [3.63, 3.8) is 0 Å². The molecular weight excluding hydrogens is 404 g/mol. The summed E-state index contributed by atoms with van der Waals surface area (Å²) in [6.07, 6.45) is 0. The zero-order valence-corrected chi connectivity index (χ0v) is 18.3. The minimum Gasteiger partial charge on any atom is -0.339 e. The number of sulfonamides is 1. The molecule has 30 heavy (non-hydrogen) atoms. The zero-order chi connectivity index (χ0) is 22.1. The molecule has 3 aromatic rings. The molecular formula is C21H24N4O4S. The first-order valence-electron chi connectivity index (χ1n) is 9.38. The fourth-order valence-corrected chi connectivity index (χ4v) is 4.46. The number of hydrogen-bond donors (Lipinski definition) is 2. The highest BCUT2D eigenvalue weighted by Crippen LogP contribution is 2.24. The topological polar surface area (TPSA) is 114 Å². The number of anilines is 1. The molecule has 0 bridgehead atoms. The minimum absolute atomic E-state index is 0.0496. The largest absolute Gasteiger partial charge is 0.339 e. The fourth-order valence-electron chi connectivity index (χ4n) is 2.99. The lowest BCUT2D eigenvalue weighted by Gasteiger charge is -2.17. The summed E-state index contributed by atoms with van der Waals surface area (Å²) in [5, 5.41) is 6.59. The van der Waals surface area contributed by atoms with Crippen molar-refractivity contribution < 1.29 is 17.7 Å². The Labute approximate surface area is 175 Å². The Balaban J connectivity index is 1.80. The molecule has 0 saturated carbocycles. The Morgan fingerprint density at radius 1 is 1.03 bits per heavy atom. The van der Waals surface area contributed by atoms with Gasteiger partial charge in [-0.25, -0.2) is 8.42 Å². The van der Waals surface area contributed by atoms with Gasteiger partial charge in [-0.05, 0) is 51.0 Å². The molecule has 0 fully saturated rings. The first-order valence-corrected chi connectivity index (χ1v) is 10.9. The second-order valence-electron chi connectivity index (χ2n) is 7.27. The zero-order valence-electron chi connectivity index (χ0n) is 17.5. The number of aryl methyl sites for hydroxylation is 4. The number of benzene rings is 2. The Morgan fingerprint density at radius 3 is 2.40 bits per heavy atom. The second-order valence-corrected chi connectivity index (χ2v) is 8.95. The van der Waals surface area contributed by atoms with Crippen molar-refractivity contribution in [1.29, 1.82) is 0 Å². The SMILES string of the molecule is Cc1ccc(NC(=O)[C@@H](C)NS(=O)(=O)c2cc(-c3noc(C)n3)ccc2C)c(C)c1. The van der Waals surface area contributed by atoms with Crippen molar-refractivity contribution in [2.45, 2.75) is 45.6 Å². The van der Waals surface area contributed by atoms with Gasteiger partial charge in [0.25, 0.3) is 0 Å². The quantitative estimate of drug-likeness (QED) is 0.623. The third-order valence-corrected chi connectivity index (χ3v) is 6.31. The smallest absolute Gasteiger partial charge is 0.242 e. The van der Waals surface area contributed by atoms with E-state index in [0.717, 1.165) is 11.1 Å². The van der Waals surface area contributed by atoms with Crippen molar-refractivity contribution >= 4 is 21.6 Å². The highest BCUT2D eigenvalue weighted by Gasteiger charge is 2.25. The van der Waals surface area contributed by atoms with Gasteiger partial charge >= 0.3 is 0 Å². The lowest BCUT2D eigenvalue weighted by Crippen LogP contribution is -2.41. The van der Waals surface area contributed by atoms with E-state index in [1.807, 2.05) is 26.0 Å². The van der Waals surface area contributed by atoms with Crippen LogP contribution in [0.4, 0.5) is 5.69 Å². The van der Waals surface area contributed by atoms with Crippen LogP contribution < -0.4 is 10.0 Å². The molecule has 1 amide bonds. The van der Waals surface area contributed by atoms with E-state index in [4.69, 9.17) is 4.52 Å². The van der Waals surface area contributed by atoms with Crippen LogP contribution in [0.5, 0.6) is 0 Å². The monoisotopic (exact) mass is 428 g/mol. The van der Waals surface area contributed by atoms with Gasteiger partial charge in [0.1, 0.15) is 0 Å². The molecule has 0 spiro atoms. The molecule has 0 aliphatic carbocycles. The third-order valence-electron chi connectivity index (χ3n) is 4.63. The molecule has 2 aromatic carbocycles. The van der Waals surface area contributed by atoms with Crippen molar-refractivity contribution in [2.75, 3.05) is 5.32 Å². The van der Waals surface area contributed by atoms with Gasteiger partial charge in [-0.1, -0.05) is 35.0 Å². The molecule has 0 aliphatic heterocycles. The maximum Gasteiger partial charge on any atom is 0.242 e. The average molecular weight is 429 g/mol. The molecule has 158 valence electrons. The lowest BCUT2D eigenvalue weighted by molar-refractivity contribution is -0.117. The highest BCUT2D eigenvalue weighted by molar-refractivity contribution is 7.89. The first kappa shape index (κ1) is 21.7. The fraction of sp³-hybridized carbons (Fsp3) is 0.286. The summed E-state index contributed by atoms with van der Waals surface area (Å²) in [6.45, 7) is 8.67. The van der Waals surface area contributed by atoms with Gasteiger partial charge in [-0.15, -0.1) is 0 Å². The highest BCUT2D eigenvalue weighted by atomic mass is 32.2. The van der Waals surface area contributed by atoms with E-state index < -0.39 is 22.0 Å². The number of nitrogens with zero attached hydrogens (tertiary/aromatic N) is 2. The van der Waals surface area contributed by atoms with Crippen molar-refractivity contribution in [2.24, 2.45) is 0 Å². The Bertz CT molecular complexity index is 1200. The van der Waals surface area contributed by atoms with Crippen molar-refractivity contribution in [1.82, 2.24) is 14.9 Å². The molecule has 9 heteroatoms. The number of amides is 1. The van der Waals surface area contributed by atoms with Gasteiger partial charge in [0.2, 0.25) is 27.6 Å². The van der Waals surface area contributed by atoms with Crippen LogP contribution in [0.15, 0.2) is 45.8 Å². The van der Waals surface area contributed by atoms with E-state index in [9.17, 15) is 13.2 Å². The number of nitrogens with one attached hydrogen (secondary N) is 2. The third kappa shape index (κ3) is 4.74. The van der Waals surface area contributed by atoms with E-state index >= 15 is 0 Å². The van der Waals surface area contributed by atoms with Crippen LogP contribution in [0, 0.1) is 27.7 Å². The summed E-state index contributed by atoms with van der Waals surface area (Å²) in [4.78, 5) is 16.7. The average Bonchev–Trinajstić information content (AvgIpc) is 3.10. The van der Waals surface area contributed by atoms with Crippen LogP contribution in [0.1, 0.15) is 29.5 Å². The van der Waals surface area contributed by atoms with Crippen molar-refractivity contribution in [3.05, 3.63) is 59.0 Å². The van der Waals surface area contributed by atoms with E-state index in [-0.39, 0.29) is 4.90 Å². The molecule has 1 atom stereocenters. The van der Waals surface area contributed by atoms with Gasteiger partial charge in [-0.3, -0.25) is 4.79 Å². The number of rotatable bonds is 6. The number of aromatic nitrogens is 2.